The minimum Gasteiger partial charge on any atom is -0.481 e. The SMILES string of the molecule is COc1nc2c(c(C)nn2-c2ccccc2)c(C)c1CCC(=O)NC1CCN(Cc2ccccc2)CC1. The molecule has 5 rings (SSSR count). The van der Waals surface area contributed by atoms with Gasteiger partial charge in [0.25, 0.3) is 0 Å². The number of hydrogen-bond acceptors (Lipinski definition) is 5. The lowest BCUT2D eigenvalue weighted by molar-refractivity contribution is -0.122. The van der Waals surface area contributed by atoms with E-state index in [9.17, 15) is 4.79 Å². The third-order valence-electron chi connectivity index (χ3n) is 7.33. The van der Waals surface area contributed by atoms with E-state index < -0.39 is 0 Å². The fourth-order valence-corrected chi connectivity index (χ4v) is 5.36. The Morgan fingerprint density at radius 3 is 2.38 bits per heavy atom. The number of nitrogens with zero attached hydrogens (tertiary/aromatic N) is 4. The molecule has 192 valence electrons. The molecule has 1 amide bonds. The molecule has 1 fully saturated rings. The number of para-hydroxylation sites is 1. The molecule has 1 aliphatic rings. The summed E-state index contributed by atoms with van der Waals surface area (Å²) >= 11 is 0. The van der Waals surface area contributed by atoms with Crippen molar-refractivity contribution < 1.29 is 9.53 Å². The minimum atomic E-state index is 0.0831. The predicted molar refractivity (Wildman–Crippen MR) is 146 cm³/mol. The fourth-order valence-electron chi connectivity index (χ4n) is 5.36. The van der Waals surface area contributed by atoms with Gasteiger partial charge in [-0.25, -0.2) is 4.68 Å². The summed E-state index contributed by atoms with van der Waals surface area (Å²) in [5.74, 6) is 0.642. The van der Waals surface area contributed by atoms with Crippen LogP contribution in [0.5, 0.6) is 5.88 Å². The van der Waals surface area contributed by atoms with Crippen LogP contribution >= 0.6 is 0 Å². The van der Waals surface area contributed by atoms with Gasteiger partial charge in [0.05, 0.1) is 18.5 Å². The number of benzene rings is 2. The smallest absolute Gasteiger partial charge is 0.220 e. The average Bonchev–Trinajstić information content (AvgIpc) is 3.26. The van der Waals surface area contributed by atoms with Crippen molar-refractivity contribution in [2.24, 2.45) is 0 Å². The maximum Gasteiger partial charge on any atom is 0.220 e. The Hall–Kier alpha value is -3.71. The zero-order valence-electron chi connectivity index (χ0n) is 21.9. The maximum atomic E-state index is 12.9. The Morgan fingerprint density at radius 2 is 1.70 bits per heavy atom. The average molecular weight is 498 g/mol. The molecule has 3 heterocycles. The largest absolute Gasteiger partial charge is 0.481 e. The third kappa shape index (κ3) is 5.52. The van der Waals surface area contributed by atoms with Crippen molar-refractivity contribution in [1.29, 1.82) is 0 Å². The molecule has 2 aromatic carbocycles. The molecule has 0 radical (unpaired) electrons. The number of nitrogens with one attached hydrogen (secondary N) is 1. The molecule has 0 unspecified atom stereocenters. The molecule has 37 heavy (non-hydrogen) atoms. The van der Waals surface area contributed by atoms with Gasteiger partial charge in [0.15, 0.2) is 5.65 Å². The molecular weight excluding hydrogens is 462 g/mol. The number of carbonyl (C=O) groups is 1. The monoisotopic (exact) mass is 497 g/mol. The Labute approximate surface area is 218 Å². The molecule has 7 nitrogen and oxygen atoms in total. The Bertz CT molecular complexity index is 1360. The van der Waals surface area contributed by atoms with Gasteiger partial charge in [0, 0.05) is 43.0 Å². The van der Waals surface area contributed by atoms with Gasteiger partial charge in [-0.05, 0) is 56.4 Å². The van der Waals surface area contributed by atoms with Crippen LogP contribution in [0.2, 0.25) is 0 Å². The van der Waals surface area contributed by atoms with Crippen LogP contribution in [0.15, 0.2) is 60.7 Å². The Morgan fingerprint density at radius 1 is 1.03 bits per heavy atom. The summed E-state index contributed by atoms with van der Waals surface area (Å²) in [5.41, 5.74) is 6.02. The number of aryl methyl sites for hydroxylation is 2. The number of carbonyl (C=O) groups excluding carboxylic acids is 1. The number of amides is 1. The van der Waals surface area contributed by atoms with Crippen molar-refractivity contribution in [2.45, 2.75) is 52.1 Å². The maximum absolute atomic E-state index is 12.9. The van der Waals surface area contributed by atoms with E-state index in [-0.39, 0.29) is 11.9 Å². The quantitative estimate of drug-likeness (QED) is 0.380. The Kier molecular flexibility index (Phi) is 7.51. The number of methoxy groups -OCH3 is 1. The predicted octanol–water partition coefficient (Wildman–Crippen LogP) is 4.76. The Balaban J connectivity index is 1.23. The van der Waals surface area contributed by atoms with E-state index >= 15 is 0 Å². The van der Waals surface area contributed by atoms with Crippen LogP contribution in [-0.4, -0.2) is 51.8 Å². The molecule has 4 aromatic rings. The lowest BCUT2D eigenvalue weighted by atomic mass is 10.0. The zero-order chi connectivity index (χ0) is 25.8. The molecule has 0 spiro atoms. The molecule has 0 bridgehead atoms. The highest BCUT2D eigenvalue weighted by Gasteiger charge is 2.23. The summed E-state index contributed by atoms with van der Waals surface area (Å²) in [5, 5.41) is 9.04. The number of fused-ring (bicyclic) bond motifs is 1. The standard InChI is InChI=1S/C30H35N5O2/c1-21-26(30(37-3)32-29-28(21)22(2)33-35(29)25-12-8-5-9-13-25)14-15-27(36)31-24-16-18-34(19-17-24)20-23-10-6-4-7-11-23/h4-13,24H,14-20H2,1-3H3,(H,31,36). The number of rotatable bonds is 8. The molecule has 7 heteroatoms. The van der Waals surface area contributed by atoms with Crippen LogP contribution in [0, 0.1) is 13.8 Å². The van der Waals surface area contributed by atoms with Gasteiger partial charge in [-0.15, -0.1) is 0 Å². The highest BCUT2D eigenvalue weighted by atomic mass is 16.5. The minimum absolute atomic E-state index is 0.0831. The normalized spacial score (nSPS) is 14.7. The van der Waals surface area contributed by atoms with Crippen LogP contribution < -0.4 is 10.1 Å². The first-order valence-electron chi connectivity index (χ1n) is 13.1. The molecule has 0 aliphatic carbocycles. The van der Waals surface area contributed by atoms with Gasteiger partial charge in [-0.1, -0.05) is 48.5 Å². The zero-order valence-corrected chi connectivity index (χ0v) is 21.9. The summed E-state index contributed by atoms with van der Waals surface area (Å²) in [6.07, 6.45) is 2.94. The summed E-state index contributed by atoms with van der Waals surface area (Å²) in [7, 11) is 1.64. The van der Waals surface area contributed by atoms with Gasteiger partial charge in [-0.2, -0.15) is 10.1 Å². The number of piperidine rings is 1. The van der Waals surface area contributed by atoms with E-state index in [4.69, 9.17) is 14.8 Å². The molecular formula is C30H35N5O2. The van der Waals surface area contributed by atoms with Gasteiger partial charge in [-0.3, -0.25) is 9.69 Å². The molecule has 2 aromatic heterocycles. The van der Waals surface area contributed by atoms with Gasteiger partial charge in [0.2, 0.25) is 11.8 Å². The van der Waals surface area contributed by atoms with Gasteiger partial charge >= 0.3 is 0 Å². The van der Waals surface area contributed by atoms with Crippen LogP contribution in [0.3, 0.4) is 0 Å². The van der Waals surface area contributed by atoms with E-state index in [1.165, 1.54) is 5.56 Å². The van der Waals surface area contributed by atoms with E-state index in [0.717, 1.165) is 66.0 Å². The first-order chi connectivity index (χ1) is 18.0. The fraction of sp³-hybridized carbons (Fsp3) is 0.367. The van der Waals surface area contributed by atoms with Crippen molar-refractivity contribution in [3.8, 4) is 11.6 Å². The number of aromatic nitrogens is 3. The number of hydrogen-bond donors (Lipinski definition) is 1. The molecule has 1 saturated heterocycles. The number of pyridine rings is 1. The second-order valence-corrected chi connectivity index (χ2v) is 9.86. The van der Waals surface area contributed by atoms with Crippen molar-refractivity contribution in [1.82, 2.24) is 25.0 Å². The molecule has 1 N–H and O–H groups in total. The topological polar surface area (TPSA) is 72.3 Å². The molecule has 0 atom stereocenters. The van der Waals surface area contributed by atoms with Crippen LogP contribution in [0.4, 0.5) is 0 Å². The van der Waals surface area contributed by atoms with Gasteiger partial charge in [0.1, 0.15) is 0 Å². The van der Waals surface area contributed by atoms with Crippen LogP contribution in [0.1, 0.15) is 41.6 Å². The molecule has 1 aliphatic heterocycles. The van der Waals surface area contributed by atoms with E-state index in [0.29, 0.717) is 18.7 Å². The number of ether oxygens (including phenoxy) is 1. The summed E-state index contributed by atoms with van der Waals surface area (Å²) < 4.78 is 7.55. The first kappa shape index (κ1) is 25.0. The molecule has 0 saturated carbocycles. The van der Waals surface area contributed by atoms with Gasteiger partial charge < -0.3 is 10.1 Å². The highest BCUT2D eigenvalue weighted by molar-refractivity contribution is 5.86. The highest BCUT2D eigenvalue weighted by Crippen LogP contribution is 2.31. The van der Waals surface area contributed by atoms with Crippen molar-refractivity contribution >= 4 is 16.9 Å². The van der Waals surface area contributed by atoms with Crippen molar-refractivity contribution in [3.63, 3.8) is 0 Å². The second kappa shape index (κ2) is 11.1. The lowest BCUT2D eigenvalue weighted by Gasteiger charge is -2.32. The number of likely N-dealkylation sites (tertiary alicyclic amines) is 1. The van der Waals surface area contributed by atoms with Crippen LogP contribution in [-0.2, 0) is 17.8 Å². The summed E-state index contributed by atoms with van der Waals surface area (Å²) in [6.45, 7) is 7.04. The summed E-state index contributed by atoms with van der Waals surface area (Å²) in [4.78, 5) is 20.2. The lowest BCUT2D eigenvalue weighted by Crippen LogP contribution is -2.44. The van der Waals surface area contributed by atoms with E-state index in [1.54, 1.807) is 7.11 Å². The van der Waals surface area contributed by atoms with Crippen molar-refractivity contribution in [3.05, 3.63) is 83.0 Å². The first-order valence-corrected chi connectivity index (χ1v) is 13.1. The van der Waals surface area contributed by atoms with Crippen LogP contribution in [0.25, 0.3) is 16.7 Å². The van der Waals surface area contributed by atoms with Crippen molar-refractivity contribution in [2.75, 3.05) is 20.2 Å². The second-order valence-electron chi connectivity index (χ2n) is 9.86. The van der Waals surface area contributed by atoms with E-state index in [2.05, 4.69) is 47.5 Å². The van der Waals surface area contributed by atoms with E-state index in [1.807, 2.05) is 41.9 Å². The summed E-state index contributed by atoms with van der Waals surface area (Å²) in [6, 6.07) is 20.8. The third-order valence-corrected chi connectivity index (χ3v) is 7.33.